The number of hydrogen-bond donors (Lipinski definition) is 1. The average molecular weight is 362 g/mol. The van der Waals surface area contributed by atoms with Crippen molar-refractivity contribution >= 4 is 10.9 Å². The van der Waals surface area contributed by atoms with E-state index in [1.165, 1.54) is 29.4 Å². The van der Waals surface area contributed by atoms with Crippen LogP contribution in [0, 0.1) is 0 Å². The number of nitrogens with zero attached hydrogens (tertiary/aromatic N) is 3. The first kappa shape index (κ1) is 16.8. The monoisotopic (exact) mass is 362 g/mol. The molecular formula is C22H26N4O. The third-order valence-corrected chi connectivity index (χ3v) is 5.80. The van der Waals surface area contributed by atoms with E-state index in [1.807, 2.05) is 17.8 Å². The van der Waals surface area contributed by atoms with Gasteiger partial charge in [0, 0.05) is 36.0 Å². The summed E-state index contributed by atoms with van der Waals surface area (Å²) < 4.78 is 8.02. The lowest BCUT2D eigenvalue weighted by Gasteiger charge is -2.22. The van der Waals surface area contributed by atoms with Gasteiger partial charge in [-0.1, -0.05) is 18.2 Å². The Hall–Kier alpha value is -2.40. The van der Waals surface area contributed by atoms with Crippen molar-refractivity contribution in [2.45, 2.75) is 44.1 Å². The maximum atomic E-state index is 6.02. The number of pyridine rings is 1. The van der Waals surface area contributed by atoms with Crippen LogP contribution < -0.4 is 10.1 Å². The highest BCUT2D eigenvalue weighted by Gasteiger charge is 2.28. The highest BCUT2D eigenvalue weighted by Crippen LogP contribution is 2.42. The van der Waals surface area contributed by atoms with Gasteiger partial charge in [-0.05, 0) is 56.5 Å². The van der Waals surface area contributed by atoms with Gasteiger partial charge in [0.1, 0.15) is 6.61 Å². The summed E-state index contributed by atoms with van der Waals surface area (Å²) in [6.45, 7) is 2.68. The van der Waals surface area contributed by atoms with Gasteiger partial charge in [0.05, 0.1) is 11.2 Å². The SMILES string of the molecule is Cn1nc(C2CC2)c2ccc(COc3cccc(C4CCNCC4)n3)cc21. The van der Waals surface area contributed by atoms with Gasteiger partial charge in [-0.15, -0.1) is 0 Å². The zero-order valence-corrected chi connectivity index (χ0v) is 15.8. The molecule has 0 bridgehead atoms. The summed E-state index contributed by atoms with van der Waals surface area (Å²) in [6.07, 6.45) is 4.85. The molecule has 3 heterocycles. The van der Waals surface area contributed by atoms with E-state index in [1.54, 1.807) is 0 Å². The van der Waals surface area contributed by atoms with Crippen molar-refractivity contribution in [3.05, 3.63) is 53.3 Å². The van der Waals surface area contributed by atoms with E-state index in [-0.39, 0.29) is 0 Å². The Balaban J connectivity index is 1.31. The van der Waals surface area contributed by atoms with E-state index < -0.39 is 0 Å². The van der Waals surface area contributed by atoms with Gasteiger partial charge < -0.3 is 10.1 Å². The van der Waals surface area contributed by atoms with Gasteiger partial charge in [0.25, 0.3) is 0 Å². The summed E-state index contributed by atoms with van der Waals surface area (Å²) in [5.74, 6) is 1.92. The van der Waals surface area contributed by atoms with Crippen molar-refractivity contribution < 1.29 is 4.74 Å². The number of aromatic nitrogens is 3. The molecule has 5 nitrogen and oxygen atoms in total. The number of aryl methyl sites for hydroxylation is 1. The summed E-state index contributed by atoms with van der Waals surface area (Å²) >= 11 is 0. The van der Waals surface area contributed by atoms with E-state index in [0.717, 1.165) is 43.1 Å². The summed E-state index contributed by atoms with van der Waals surface area (Å²) in [5.41, 5.74) is 4.76. The van der Waals surface area contributed by atoms with Crippen LogP contribution in [0.5, 0.6) is 5.88 Å². The van der Waals surface area contributed by atoms with Crippen LogP contribution in [0.1, 0.15) is 54.5 Å². The molecule has 0 unspecified atom stereocenters. The molecule has 140 valence electrons. The number of ether oxygens (including phenoxy) is 1. The number of hydrogen-bond acceptors (Lipinski definition) is 4. The van der Waals surface area contributed by atoms with Crippen molar-refractivity contribution in [2.75, 3.05) is 13.1 Å². The Kier molecular flexibility index (Phi) is 4.32. The first-order chi connectivity index (χ1) is 13.3. The summed E-state index contributed by atoms with van der Waals surface area (Å²) in [4.78, 5) is 4.76. The molecule has 0 spiro atoms. The number of benzene rings is 1. The molecule has 0 amide bonds. The molecule has 1 saturated carbocycles. The van der Waals surface area contributed by atoms with Crippen LogP contribution in [0.25, 0.3) is 10.9 Å². The van der Waals surface area contributed by atoms with Crippen molar-refractivity contribution in [1.82, 2.24) is 20.1 Å². The maximum absolute atomic E-state index is 6.02. The molecule has 1 aliphatic carbocycles. The van der Waals surface area contributed by atoms with E-state index in [4.69, 9.17) is 14.8 Å². The molecule has 2 fully saturated rings. The number of rotatable bonds is 5. The predicted molar refractivity (Wildman–Crippen MR) is 106 cm³/mol. The van der Waals surface area contributed by atoms with E-state index in [0.29, 0.717) is 18.4 Å². The van der Waals surface area contributed by atoms with Crippen molar-refractivity contribution in [3.8, 4) is 5.88 Å². The molecule has 1 saturated heterocycles. The van der Waals surface area contributed by atoms with E-state index >= 15 is 0 Å². The van der Waals surface area contributed by atoms with Crippen LogP contribution in [-0.2, 0) is 13.7 Å². The minimum atomic E-state index is 0.530. The molecule has 0 radical (unpaired) electrons. The molecule has 1 aliphatic heterocycles. The van der Waals surface area contributed by atoms with Crippen LogP contribution in [0.4, 0.5) is 0 Å². The van der Waals surface area contributed by atoms with Crippen LogP contribution in [0.3, 0.4) is 0 Å². The lowest BCUT2D eigenvalue weighted by molar-refractivity contribution is 0.291. The highest BCUT2D eigenvalue weighted by atomic mass is 16.5. The smallest absolute Gasteiger partial charge is 0.213 e. The van der Waals surface area contributed by atoms with Crippen molar-refractivity contribution in [1.29, 1.82) is 0 Å². The van der Waals surface area contributed by atoms with Crippen LogP contribution in [0.2, 0.25) is 0 Å². The Morgan fingerprint density at radius 2 is 1.93 bits per heavy atom. The Morgan fingerprint density at radius 3 is 2.74 bits per heavy atom. The second kappa shape index (κ2) is 6.97. The summed E-state index contributed by atoms with van der Waals surface area (Å²) in [5, 5.41) is 9.43. The first-order valence-electron chi connectivity index (χ1n) is 10.0. The van der Waals surface area contributed by atoms with Crippen molar-refractivity contribution in [2.24, 2.45) is 7.05 Å². The second-order valence-electron chi connectivity index (χ2n) is 7.85. The first-order valence-corrected chi connectivity index (χ1v) is 10.0. The highest BCUT2D eigenvalue weighted by molar-refractivity contribution is 5.83. The van der Waals surface area contributed by atoms with Gasteiger partial charge in [0.2, 0.25) is 5.88 Å². The second-order valence-corrected chi connectivity index (χ2v) is 7.85. The molecule has 27 heavy (non-hydrogen) atoms. The van der Waals surface area contributed by atoms with Gasteiger partial charge in [-0.3, -0.25) is 4.68 Å². The average Bonchev–Trinajstić information content (AvgIpc) is 3.51. The van der Waals surface area contributed by atoms with Crippen LogP contribution in [0.15, 0.2) is 36.4 Å². The minimum absolute atomic E-state index is 0.530. The Bertz CT molecular complexity index is 954. The zero-order valence-electron chi connectivity index (χ0n) is 15.8. The summed E-state index contributed by atoms with van der Waals surface area (Å²) in [7, 11) is 2.03. The molecule has 1 aromatic carbocycles. The molecule has 1 N–H and O–H groups in total. The zero-order chi connectivity index (χ0) is 18.2. The fourth-order valence-corrected chi connectivity index (χ4v) is 4.09. The van der Waals surface area contributed by atoms with Gasteiger partial charge in [-0.2, -0.15) is 5.10 Å². The standard InChI is InChI=1S/C22H26N4O/c1-26-20-13-15(5-8-18(20)22(25-26)17-6-7-17)14-27-21-4-2-3-19(24-21)16-9-11-23-12-10-16/h2-5,8,13,16-17,23H,6-7,9-12,14H2,1H3. The van der Waals surface area contributed by atoms with Gasteiger partial charge in [-0.25, -0.2) is 4.98 Å². The topological polar surface area (TPSA) is 52.0 Å². The van der Waals surface area contributed by atoms with E-state index in [9.17, 15) is 0 Å². The Labute approximate surface area is 159 Å². The molecule has 5 heteroatoms. The maximum Gasteiger partial charge on any atom is 0.213 e. The lowest BCUT2D eigenvalue weighted by atomic mass is 9.94. The minimum Gasteiger partial charge on any atom is -0.473 e. The normalized spacial score (nSPS) is 18.1. The fourth-order valence-electron chi connectivity index (χ4n) is 4.09. The lowest BCUT2D eigenvalue weighted by Crippen LogP contribution is -2.27. The van der Waals surface area contributed by atoms with Crippen LogP contribution in [-0.4, -0.2) is 27.9 Å². The molecule has 0 atom stereocenters. The molecule has 2 aliphatic rings. The van der Waals surface area contributed by atoms with Gasteiger partial charge in [0.15, 0.2) is 0 Å². The van der Waals surface area contributed by atoms with Crippen molar-refractivity contribution in [3.63, 3.8) is 0 Å². The number of piperidine rings is 1. The fraction of sp³-hybridized carbons (Fsp3) is 0.455. The summed E-state index contributed by atoms with van der Waals surface area (Å²) in [6, 6.07) is 12.7. The third kappa shape index (κ3) is 3.44. The Morgan fingerprint density at radius 1 is 1.07 bits per heavy atom. The quantitative estimate of drug-likeness (QED) is 0.748. The predicted octanol–water partition coefficient (Wildman–Crippen LogP) is 3.89. The van der Waals surface area contributed by atoms with E-state index in [2.05, 4.69) is 35.6 Å². The third-order valence-electron chi connectivity index (χ3n) is 5.80. The van der Waals surface area contributed by atoms with Gasteiger partial charge >= 0.3 is 0 Å². The largest absolute Gasteiger partial charge is 0.473 e. The molecular weight excluding hydrogens is 336 g/mol. The molecule has 5 rings (SSSR count). The molecule has 3 aromatic rings. The molecule has 2 aromatic heterocycles. The number of nitrogens with one attached hydrogen (secondary N) is 1. The number of fused-ring (bicyclic) bond motifs is 1. The van der Waals surface area contributed by atoms with Crippen LogP contribution >= 0.6 is 0 Å².